The van der Waals surface area contributed by atoms with Gasteiger partial charge in [0.05, 0.1) is 17.8 Å². The van der Waals surface area contributed by atoms with Gasteiger partial charge in [-0.3, -0.25) is 19.4 Å². The van der Waals surface area contributed by atoms with E-state index in [0.29, 0.717) is 30.8 Å². The van der Waals surface area contributed by atoms with Crippen LogP contribution in [0.1, 0.15) is 50.3 Å². The summed E-state index contributed by atoms with van der Waals surface area (Å²) in [6.45, 7) is 1.67. The van der Waals surface area contributed by atoms with Gasteiger partial charge in [-0.05, 0) is 55.5 Å². The van der Waals surface area contributed by atoms with Crippen LogP contribution >= 0.6 is 11.6 Å². The van der Waals surface area contributed by atoms with Gasteiger partial charge in [-0.1, -0.05) is 48.9 Å². The summed E-state index contributed by atoms with van der Waals surface area (Å²) in [4.78, 5) is 52.6. The van der Waals surface area contributed by atoms with Gasteiger partial charge < -0.3 is 20.1 Å². The monoisotopic (exact) mass is 704 g/mol. The molecular formula is C33H36ClF3N6O6. The quantitative estimate of drug-likeness (QED) is 0.278. The normalized spacial score (nSPS) is 18.8. The summed E-state index contributed by atoms with van der Waals surface area (Å²) in [5, 5.41) is 12.5. The Morgan fingerprint density at radius 1 is 1.08 bits per heavy atom. The number of halogens is 4. The SMILES string of the molecule is CC[C@H](NCC1CCCN2C(=O)CCC(NC(=O)OCc3ccccc3)C(=O)N12)C(=O)COc1cc(C(F)(F)F)nn1-c1ccc(Cl)cc1. The van der Waals surface area contributed by atoms with Gasteiger partial charge in [-0.15, -0.1) is 0 Å². The number of hydrogen-bond donors (Lipinski definition) is 2. The summed E-state index contributed by atoms with van der Waals surface area (Å²) in [6, 6.07) is 13.4. The molecule has 0 saturated carbocycles. The van der Waals surface area contributed by atoms with Crippen molar-refractivity contribution in [3.05, 3.63) is 76.9 Å². The molecule has 2 fully saturated rings. The molecule has 3 atom stereocenters. The number of hydrazine groups is 1. The molecule has 1 aromatic heterocycles. The van der Waals surface area contributed by atoms with Crippen LogP contribution in [0.2, 0.25) is 5.02 Å². The van der Waals surface area contributed by atoms with Crippen LogP contribution in [-0.2, 0) is 31.9 Å². The number of ether oxygens (including phenoxy) is 2. The molecule has 2 aromatic carbocycles. The maximum Gasteiger partial charge on any atom is 0.435 e. The summed E-state index contributed by atoms with van der Waals surface area (Å²) in [5.74, 6) is -1.44. The minimum absolute atomic E-state index is 0.0119. The fraction of sp³-hybridized carbons (Fsp3) is 0.424. The van der Waals surface area contributed by atoms with E-state index in [4.69, 9.17) is 21.1 Å². The molecular weight excluding hydrogens is 669 g/mol. The molecule has 2 N–H and O–H groups in total. The number of nitrogens with one attached hydrogen (secondary N) is 2. The lowest BCUT2D eigenvalue weighted by atomic mass is 10.0. The number of aromatic nitrogens is 2. The van der Waals surface area contributed by atoms with Crippen molar-refractivity contribution in [2.45, 2.75) is 69.9 Å². The highest BCUT2D eigenvalue weighted by molar-refractivity contribution is 6.30. The number of benzene rings is 2. The van der Waals surface area contributed by atoms with E-state index >= 15 is 0 Å². The average molecular weight is 705 g/mol. The van der Waals surface area contributed by atoms with Crippen LogP contribution in [0.15, 0.2) is 60.7 Å². The lowest BCUT2D eigenvalue weighted by molar-refractivity contribution is -0.172. The number of nitrogens with zero attached hydrogens (tertiary/aromatic N) is 4. The van der Waals surface area contributed by atoms with Crippen LogP contribution in [0.4, 0.5) is 18.0 Å². The van der Waals surface area contributed by atoms with Gasteiger partial charge in [-0.25, -0.2) is 14.5 Å². The molecule has 2 unspecified atom stereocenters. The molecule has 2 aliphatic rings. The van der Waals surface area contributed by atoms with E-state index in [-0.39, 0.29) is 43.5 Å². The maximum absolute atomic E-state index is 13.7. The molecule has 3 amide bonds. The van der Waals surface area contributed by atoms with Gasteiger partial charge in [0.15, 0.2) is 11.5 Å². The Balaban J connectivity index is 1.22. The van der Waals surface area contributed by atoms with Crippen molar-refractivity contribution >= 4 is 35.3 Å². The molecule has 3 heterocycles. The van der Waals surface area contributed by atoms with Crippen LogP contribution in [0.5, 0.6) is 5.88 Å². The second-order valence-corrected chi connectivity index (χ2v) is 12.1. The van der Waals surface area contributed by atoms with Crippen molar-refractivity contribution in [3.63, 3.8) is 0 Å². The zero-order valence-corrected chi connectivity index (χ0v) is 27.4. The third-order valence-corrected chi connectivity index (χ3v) is 8.53. The van der Waals surface area contributed by atoms with Gasteiger partial charge in [0, 0.05) is 30.6 Å². The van der Waals surface area contributed by atoms with Gasteiger partial charge >= 0.3 is 12.3 Å². The van der Waals surface area contributed by atoms with Gasteiger partial charge in [0.1, 0.15) is 19.3 Å². The van der Waals surface area contributed by atoms with Crippen LogP contribution in [0, 0.1) is 0 Å². The maximum atomic E-state index is 13.7. The van der Waals surface area contributed by atoms with E-state index in [1.54, 1.807) is 19.1 Å². The lowest BCUT2D eigenvalue weighted by Crippen LogP contribution is -2.62. The minimum Gasteiger partial charge on any atom is -0.469 e. The highest BCUT2D eigenvalue weighted by Crippen LogP contribution is 2.32. The van der Waals surface area contributed by atoms with E-state index in [0.717, 1.165) is 16.3 Å². The Morgan fingerprint density at radius 3 is 2.51 bits per heavy atom. The summed E-state index contributed by atoms with van der Waals surface area (Å²) in [7, 11) is 0. The summed E-state index contributed by atoms with van der Waals surface area (Å²) in [5.41, 5.74) is -0.161. The molecule has 16 heteroatoms. The zero-order valence-electron chi connectivity index (χ0n) is 26.6. The zero-order chi connectivity index (χ0) is 35.1. The number of alkyl halides is 3. The Labute approximate surface area is 285 Å². The molecule has 0 radical (unpaired) electrons. The molecule has 0 aliphatic carbocycles. The largest absolute Gasteiger partial charge is 0.469 e. The lowest BCUT2D eigenvalue weighted by Gasteiger charge is -2.44. The fourth-order valence-corrected chi connectivity index (χ4v) is 5.87. The van der Waals surface area contributed by atoms with Crippen LogP contribution < -0.4 is 15.4 Å². The molecule has 0 spiro atoms. The van der Waals surface area contributed by atoms with Gasteiger partial charge in [0.2, 0.25) is 11.8 Å². The first-order valence-electron chi connectivity index (χ1n) is 15.9. The number of hydrogen-bond acceptors (Lipinski definition) is 8. The molecule has 12 nitrogen and oxygen atoms in total. The molecule has 262 valence electrons. The molecule has 2 aliphatic heterocycles. The highest BCUT2D eigenvalue weighted by Gasteiger charge is 2.42. The predicted octanol–water partition coefficient (Wildman–Crippen LogP) is 4.68. The highest BCUT2D eigenvalue weighted by atomic mass is 35.5. The Morgan fingerprint density at radius 2 is 1.82 bits per heavy atom. The van der Waals surface area contributed by atoms with Crippen molar-refractivity contribution < 1.29 is 41.8 Å². The van der Waals surface area contributed by atoms with Crippen molar-refractivity contribution in [1.82, 2.24) is 30.4 Å². The van der Waals surface area contributed by atoms with E-state index < -0.39 is 54.4 Å². The molecule has 5 rings (SSSR count). The van der Waals surface area contributed by atoms with Crippen molar-refractivity contribution in [3.8, 4) is 11.6 Å². The first-order chi connectivity index (χ1) is 23.4. The van der Waals surface area contributed by atoms with E-state index in [1.165, 1.54) is 34.3 Å². The summed E-state index contributed by atoms with van der Waals surface area (Å²) in [6.07, 6.45) is -3.94. The summed E-state index contributed by atoms with van der Waals surface area (Å²) < 4.78 is 52.3. The number of ketones is 1. The first kappa shape index (κ1) is 35.7. The number of amides is 3. The number of rotatable bonds is 12. The summed E-state index contributed by atoms with van der Waals surface area (Å²) >= 11 is 5.92. The number of fused-ring (bicyclic) bond motifs is 1. The van der Waals surface area contributed by atoms with Crippen molar-refractivity contribution in [2.75, 3.05) is 19.7 Å². The molecule has 3 aromatic rings. The fourth-order valence-electron chi connectivity index (χ4n) is 5.74. The second kappa shape index (κ2) is 15.7. The van der Waals surface area contributed by atoms with Crippen LogP contribution in [0.3, 0.4) is 0 Å². The van der Waals surface area contributed by atoms with Crippen LogP contribution in [0.25, 0.3) is 5.69 Å². The molecule has 2 saturated heterocycles. The predicted molar refractivity (Wildman–Crippen MR) is 171 cm³/mol. The molecule has 49 heavy (non-hydrogen) atoms. The number of Topliss-reactive ketones (excluding diaryl/α,β-unsaturated/α-hetero) is 1. The van der Waals surface area contributed by atoms with Gasteiger partial charge in [-0.2, -0.15) is 18.3 Å². The Kier molecular flexibility index (Phi) is 11.4. The van der Waals surface area contributed by atoms with E-state index in [2.05, 4.69) is 15.7 Å². The molecule has 0 bridgehead atoms. The third kappa shape index (κ3) is 8.89. The van der Waals surface area contributed by atoms with Gasteiger partial charge in [0.25, 0.3) is 5.91 Å². The number of alkyl carbamates (subject to hydrolysis) is 1. The van der Waals surface area contributed by atoms with E-state index in [9.17, 15) is 32.3 Å². The van der Waals surface area contributed by atoms with E-state index in [1.807, 2.05) is 18.2 Å². The number of carbonyl (C=O) groups is 4. The van der Waals surface area contributed by atoms with Crippen LogP contribution in [-0.4, -0.2) is 81.3 Å². The second-order valence-electron chi connectivity index (χ2n) is 11.7. The topological polar surface area (TPSA) is 135 Å². The smallest absolute Gasteiger partial charge is 0.435 e. The van der Waals surface area contributed by atoms with Crippen molar-refractivity contribution in [2.24, 2.45) is 0 Å². The third-order valence-electron chi connectivity index (χ3n) is 8.27. The Hall–Kier alpha value is -4.63. The average Bonchev–Trinajstić information content (AvgIpc) is 3.49. The standard InChI is InChI=1S/C33H36ClF3N6O6/c1-2-25(27(44)20-48-30-17-28(33(35,36)37)40-42(30)23-12-10-22(34)11-13-23)38-18-24-9-6-16-41-29(45)15-14-26(31(46)43(24)41)39-32(47)49-19-21-7-4-3-5-8-21/h3-5,7-8,10-13,17,24-26,38H,2,6,9,14-16,18-20H2,1H3,(H,39,47)/t24?,25-,26?/m0/s1. The van der Waals surface area contributed by atoms with Crippen molar-refractivity contribution in [1.29, 1.82) is 0 Å². The number of carbonyl (C=O) groups excluding carboxylic acids is 4. The minimum atomic E-state index is -4.75. The first-order valence-corrected chi connectivity index (χ1v) is 16.2. The Bertz CT molecular complexity index is 1640.